The second-order valence-corrected chi connectivity index (χ2v) is 7.43. The maximum absolute atomic E-state index is 2.48. The van der Waals surface area contributed by atoms with E-state index >= 15 is 0 Å². The molecule has 0 amide bonds. The van der Waals surface area contributed by atoms with Gasteiger partial charge in [0, 0.05) is 6.54 Å². The molecule has 128 valence electrons. The number of hydrogen-bond acceptors (Lipinski definition) is 1. The van der Waals surface area contributed by atoms with Crippen molar-refractivity contribution >= 4 is 0 Å². The van der Waals surface area contributed by atoms with Gasteiger partial charge in [0.1, 0.15) is 0 Å². The molecule has 0 N–H and O–H groups in total. The lowest BCUT2D eigenvalue weighted by atomic mass is 9.75. The molecule has 2 aromatic carbocycles. The highest BCUT2D eigenvalue weighted by Gasteiger charge is 2.25. The van der Waals surface area contributed by atoms with Gasteiger partial charge in [0.15, 0.2) is 0 Å². The van der Waals surface area contributed by atoms with Crippen LogP contribution in [0.4, 0.5) is 0 Å². The second kappa shape index (κ2) is 9.03. The summed E-state index contributed by atoms with van der Waals surface area (Å²) in [6.45, 7) is 2.22. The zero-order valence-electron chi connectivity index (χ0n) is 15.0. The average molecular weight is 322 g/mol. The molecule has 0 aliphatic heterocycles. The molecule has 0 radical (unpaired) electrons. The second-order valence-electron chi connectivity index (χ2n) is 7.43. The van der Waals surface area contributed by atoms with Gasteiger partial charge in [0.05, 0.1) is 0 Å². The summed E-state index contributed by atoms with van der Waals surface area (Å²) in [7, 11) is 2.26. The minimum atomic E-state index is 0.727. The van der Waals surface area contributed by atoms with Gasteiger partial charge in [0.25, 0.3) is 0 Å². The highest BCUT2D eigenvalue weighted by Crippen LogP contribution is 2.38. The van der Waals surface area contributed by atoms with Crippen molar-refractivity contribution in [2.45, 2.75) is 51.0 Å². The van der Waals surface area contributed by atoms with E-state index in [0.29, 0.717) is 0 Å². The Labute approximate surface area is 147 Å². The number of hydrogen-bond donors (Lipinski definition) is 0. The van der Waals surface area contributed by atoms with Gasteiger partial charge >= 0.3 is 0 Å². The van der Waals surface area contributed by atoms with Crippen molar-refractivity contribution in [1.82, 2.24) is 4.90 Å². The van der Waals surface area contributed by atoms with Gasteiger partial charge in [-0.05, 0) is 55.8 Å². The van der Waals surface area contributed by atoms with E-state index in [2.05, 4.69) is 72.6 Å². The van der Waals surface area contributed by atoms with Gasteiger partial charge in [-0.2, -0.15) is 0 Å². The first kappa shape index (κ1) is 17.2. The summed E-state index contributed by atoms with van der Waals surface area (Å²) in [6.07, 6.45) is 8.40. The minimum Gasteiger partial charge on any atom is -0.302 e. The summed E-state index contributed by atoms with van der Waals surface area (Å²) in [5, 5.41) is 0. The lowest BCUT2D eigenvalue weighted by molar-refractivity contribution is 0.253. The van der Waals surface area contributed by atoms with E-state index in [4.69, 9.17) is 0 Å². The van der Waals surface area contributed by atoms with Gasteiger partial charge in [-0.15, -0.1) is 0 Å². The Morgan fingerprint density at radius 1 is 0.875 bits per heavy atom. The maximum Gasteiger partial charge on any atom is 0.0230 e. The lowest BCUT2D eigenvalue weighted by Gasteiger charge is -2.32. The monoisotopic (exact) mass is 321 g/mol. The summed E-state index contributed by atoms with van der Waals surface area (Å²) in [6, 6.07) is 22.1. The Morgan fingerprint density at radius 3 is 2.17 bits per heavy atom. The van der Waals surface area contributed by atoms with E-state index < -0.39 is 0 Å². The molecule has 0 spiro atoms. The van der Waals surface area contributed by atoms with Crippen molar-refractivity contribution in [3.63, 3.8) is 0 Å². The van der Waals surface area contributed by atoms with Crippen molar-refractivity contribution in [1.29, 1.82) is 0 Å². The Bertz CT molecular complexity index is 571. The van der Waals surface area contributed by atoms with E-state index in [1.54, 1.807) is 5.56 Å². The van der Waals surface area contributed by atoms with Crippen molar-refractivity contribution in [3.05, 3.63) is 71.8 Å². The summed E-state index contributed by atoms with van der Waals surface area (Å²) in [5.74, 6) is 1.61. The number of benzene rings is 2. The molecule has 1 nitrogen and oxygen atoms in total. The first-order chi connectivity index (χ1) is 11.8. The van der Waals surface area contributed by atoms with E-state index in [1.807, 2.05) is 0 Å². The SMILES string of the molecule is CN(CCC(c1ccccc1)C1CCCCC1)Cc1ccccc1. The fourth-order valence-electron chi connectivity index (χ4n) is 4.24. The molecule has 1 fully saturated rings. The van der Waals surface area contributed by atoms with Crippen LogP contribution in [0.5, 0.6) is 0 Å². The predicted molar refractivity (Wildman–Crippen MR) is 103 cm³/mol. The van der Waals surface area contributed by atoms with E-state index in [1.165, 1.54) is 50.6 Å². The molecule has 0 heterocycles. The topological polar surface area (TPSA) is 3.24 Å². The quantitative estimate of drug-likeness (QED) is 0.616. The minimum absolute atomic E-state index is 0.727. The van der Waals surface area contributed by atoms with Crippen LogP contribution in [-0.2, 0) is 6.54 Å². The number of nitrogens with zero attached hydrogens (tertiary/aromatic N) is 1. The fourth-order valence-corrected chi connectivity index (χ4v) is 4.24. The van der Waals surface area contributed by atoms with Crippen LogP contribution in [0.25, 0.3) is 0 Å². The van der Waals surface area contributed by atoms with Crippen LogP contribution in [0, 0.1) is 5.92 Å². The van der Waals surface area contributed by atoms with Crippen molar-refractivity contribution < 1.29 is 0 Å². The van der Waals surface area contributed by atoms with Gasteiger partial charge in [0.2, 0.25) is 0 Å². The van der Waals surface area contributed by atoms with Crippen molar-refractivity contribution in [2.75, 3.05) is 13.6 Å². The van der Waals surface area contributed by atoms with Gasteiger partial charge in [-0.3, -0.25) is 0 Å². The summed E-state index contributed by atoms with van der Waals surface area (Å²) < 4.78 is 0. The molecule has 1 atom stereocenters. The first-order valence-corrected chi connectivity index (χ1v) is 9.60. The third-order valence-corrected chi connectivity index (χ3v) is 5.56. The molecule has 0 bridgehead atoms. The third-order valence-electron chi connectivity index (χ3n) is 5.56. The predicted octanol–water partition coefficient (Wildman–Crippen LogP) is 5.87. The van der Waals surface area contributed by atoms with Crippen LogP contribution in [0.2, 0.25) is 0 Å². The Morgan fingerprint density at radius 2 is 1.50 bits per heavy atom. The highest BCUT2D eigenvalue weighted by atomic mass is 15.1. The Hall–Kier alpha value is -1.60. The number of rotatable bonds is 7. The Balaban J connectivity index is 1.61. The molecule has 0 aromatic heterocycles. The molecular formula is C23H31N. The van der Waals surface area contributed by atoms with Crippen LogP contribution in [-0.4, -0.2) is 18.5 Å². The molecular weight excluding hydrogens is 290 g/mol. The molecule has 1 aliphatic carbocycles. The van der Waals surface area contributed by atoms with Crippen molar-refractivity contribution in [3.8, 4) is 0 Å². The summed E-state index contributed by atoms with van der Waals surface area (Å²) in [4.78, 5) is 2.48. The molecule has 1 unspecified atom stereocenters. The smallest absolute Gasteiger partial charge is 0.0230 e. The maximum atomic E-state index is 2.48. The van der Waals surface area contributed by atoms with E-state index in [-0.39, 0.29) is 0 Å². The first-order valence-electron chi connectivity index (χ1n) is 9.60. The largest absolute Gasteiger partial charge is 0.302 e. The Kier molecular flexibility index (Phi) is 6.48. The van der Waals surface area contributed by atoms with Crippen LogP contribution in [0.3, 0.4) is 0 Å². The molecule has 2 aromatic rings. The van der Waals surface area contributed by atoms with Gasteiger partial charge in [-0.25, -0.2) is 0 Å². The molecule has 3 rings (SSSR count). The van der Waals surface area contributed by atoms with E-state index in [0.717, 1.165) is 18.4 Å². The normalized spacial score (nSPS) is 17.1. The molecule has 1 aliphatic rings. The van der Waals surface area contributed by atoms with Crippen LogP contribution < -0.4 is 0 Å². The molecule has 24 heavy (non-hydrogen) atoms. The van der Waals surface area contributed by atoms with Crippen molar-refractivity contribution in [2.24, 2.45) is 5.92 Å². The fraction of sp³-hybridized carbons (Fsp3) is 0.478. The molecule has 1 saturated carbocycles. The van der Waals surface area contributed by atoms with Crippen LogP contribution >= 0.6 is 0 Å². The van der Waals surface area contributed by atoms with E-state index in [9.17, 15) is 0 Å². The summed E-state index contributed by atoms with van der Waals surface area (Å²) >= 11 is 0. The van der Waals surface area contributed by atoms with Gasteiger partial charge in [-0.1, -0.05) is 79.9 Å². The third kappa shape index (κ3) is 4.95. The zero-order chi connectivity index (χ0) is 16.6. The summed E-state index contributed by atoms with van der Waals surface area (Å²) in [5.41, 5.74) is 2.96. The molecule has 1 heteroatoms. The zero-order valence-corrected chi connectivity index (χ0v) is 15.0. The standard InChI is InChI=1S/C23H31N/c1-24(19-20-11-5-2-6-12-20)18-17-23(21-13-7-3-8-14-21)22-15-9-4-10-16-22/h2-3,5-8,11-14,22-23H,4,9-10,15-19H2,1H3. The van der Waals surface area contributed by atoms with Gasteiger partial charge < -0.3 is 4.90 Å². The molecule has 0 saturated heterocycles. The van der Waals surface area contributed by atoms with Crippen LogP contribution in [0.15, 0.2) is 60.7 Å². The van der Waals surface area contributed by atoms with Crippen LogP contribution in [0.1, 0.15) is 55.6 Å². The lowest BCUT2D eigenvalue weighted by Crippen LogP contribution is -2.24. The average Bonchev–Trinajstić information content (AvgIpc) is 2.64. The highest BCUT2D eigenvalue weighted by molar-refractivity contribution is 5.20.